The number of rotatable bonds is 4. The molecule has 0 aromatic rings. The average molecular weight is 294 g/mol. The molecular weight excluding hydrogens is 268 g/mol. The van der Waals surface area contributed by atoms with Crippen molar-refractivity contribution in [1.29, 1.82) is 0 Å². The smallest absolute Gasteiger partial charge is 0.318 e. The van der Waals surface area contributed by atoms with Gasteiger partial charge in [0.25, 0.3) is 0 Å². The Morgan fingerprint density at radius 1 is 1.33 bits per heavy atom. The summed E-state index contributed by atoms with van der Waals surface area (Å²) in [5.41, 5.74) is -0.325. The van der Waals surface area contributed by atoms with Crippen LogP contribution in [0.4, 0.5) is 4.79 Å². The lowest BCUT2D eigenvalue weighted by Gasteiger charge is -2.37. The molecule has 118 valence electrons. The molecule has 0 aromatic heterocycles. The van der Waals surface area contributed by atoms with Crippen LogP contribution in [0.2, 0.25) is 0 Å². The van der Waals surface area contributed by atoms with Gasteiger partial charge in [-0.3, -0.25) is 4.79 Å². The molecule has 2 bridgehead atoms. The Hall–Kier alpha value is -1.52. The third-order valence-corrected chi connectivity index (χ3v) is 4.86. The number of carbonyl (C=O) groups excluding carboxylic acids is 1. The first-order valence-corrected chi connectivity index (χ1v) is 7.67. The molecule has 4 atom stereocenters. The highest BCUT2D eigenvalue weighted by Crippen LogP contribution is 2.48. The summed E-state index contributed by atoms with van der Waals surface area (Å²) < 4.78 is 0. The van der Waals surface area contributed by atoms with Crippen molar-refractivity contribution >= 4 is 12.0 Å². The van der Waals surface area contributed by atoms with Gasteiger partial charge in [0.05, 0.1) is 5.92 Å². The van der Waals surface area contributed by atoms with Gasteiger partial charge in [-0.15, -0.1) is 6.58 Å². The molecule has 2 N–H and O–H groups in total. The zero-order chi connectivity index (χ0) is 15.8. The van der Waals surface area contributed by atoms with E-state index in [-0.39, 0.29) is 23.5 Å². The molecule has 0 aromatic carbocycles. The SMILES string of the molecule is C=CCN(C(=O)NC1C2CCC(C2)C1C(=O)O)C(C)(C)C. The minimum atomic E-state index is -0.779. The summed E-state index contributed by atoms with van der Waals surface area (Å²) in [5.74, 6) is -0.678. The second kappa shape index (κ2) is 5.70. The predicted molar refractivity (Wildman–Crippen MR) is 80.9 cm³/mol. The van der Waals surface area contributed by atoms with Gasteiger partial charge >= 0.3 is 12.0 Å². The highest BCUT2D eigenvalue weighted by Gasteiger charge is 2.52. The molecule has 21 heavy (non-hydrogen) atoms. The molecule has 0 aliphatic heterocycles. The third-order valence-electron chi connectivity index (χ3n) is 4.86. The summed E-state index contributed by atoms with van der Waals surface area (Å²) in [6.45, 7) is 10.0. The lowest BCUT2D eigenvalue weighted by molar-refractivity contribution is -0.144. The number of carboxylic acid groups (broad SMARTS) is 1. The van der Waals surface area contributed by atoms with Crippen LogP contribution in [0.25, 0.3) is 0 Å². The Morgan fingerprint density at radius 2 is 1.95 bits per heavy atom. The van der Waals surface area contributed by atoms with Crippen molar-refractivity contribution in [2.24, 2.45) is 17.8 Å². The first-order chi connectivity index (χ1) is 9.75. The summed E-state index contributed by atoms with van der Waals surface area (Å²) in [6, 6.07) is -0.422. The second-order valence-electron chi connectivity index (χ2n) is 7.24. The zero-order valence-corrected chi connectivity index (χ0v) is 13.1. The van der Waals surface area contributed by atoms with Crippen molar-refractivity contribution in [1.82, 2.24) is 10.2 Å². The lowest BCUT2D eigenvalue weighted by Crippen LogP contribution is -2.56. The van der Waals surface area contributed by atoms with Gasteiger partial charge in [-0.2, -0.15) is 0 Å². The molecule has 5 nitrogen and oxygen atoms in total. The number of hydrogen-bond acceptors (Lipinski definition) is 2. The molecular formula is C16H26N2O3. The Balaban J connectivity index is 2.10. The van der Waals surface area contributed by atoms with Gasteiger partial charge in [0.1, 0.15) is 0 Å². The van der Waals surface area contributed by atoms with Gasteiger partial charge in [0.15, 0.2) is 0 Å². The van der Waals surface area contributed by atoms with Crippen molar-refractivity contribution in [3.63, 3.8) is 0 Å². The maximum absolute atomic E-state index is 12.6. The fraction of sp³-hybridized carbons (Fsp3) is 0.750. The first-order valence-electron chi connectivity index (χ1n) is 7.67. The van der Waals surface area contributed by atoms with E-state index in [0.29, 0.717) is 12.5 Å². The van der Waals surface area contributed by atoms with Crippen LogP contribution in [0.5, 0.6) is 0 Å². The van der Waals surface area contributed by atoms with E-state index in [1.54, 1.807) is 11.0 Å². The molecule has 2 saturated carbocycles. The molecule has 4 unspecified atom stereocenters. The quantitative estimate of drug-likeness (QED) is 0.783. The number of nitrogens with one attached hydrogen (secondary N) is 1. The van der Waals surface area contributed by atoms with Crippen molar-refractivity contribution < 1.29 is 14.7 Å². The van der Waals surface area contributed by atoms with E-state index in [9.17, 15) is 14.7 Å². The Kier molecular flexibility index (Phi) is 4.30. The maximum Gasteiger partial charge on any atom is 0.318 e. The van der Waals surface area contributed by atoms with Gasteiger partial charge in [0.2, 0.25) is 0 Å². The predicted octanol–water partition coefficient (Wildman–Crippen LogP) is 2.48. The molecule has 0 spiro atoms. The summed E-state index contributed by atoms with van der Waals surface area (Å²) in [5, 5.41) is 12.4. The number of nitrogens with zero attached hydrogens (tertiary/aromatic N) is 1. The van der Waals surface area contributed by atoms with Crippen molar-refractivity contribution in [2.75, 3.05) is 6.54 Å². The van der Waals surface area contributed by atoms with E-state index >= 15 is 0 Å². The van der Waals surface area contributed by atoms with E-state index in [2.05, 4.69) is 11.9 Å². The van der Waals surface area contributed by atoms with Crippen LogP contribution in [0.3, 0.4) is 0 Å². The minimum Gasteiger partial charge on any atom is -0.481 e. The van der Waals surface area contributed by atoms with Gasteiger partial charge < -0.3 is 15.3 Å². The van der Waals surface area contributed by atoms with E-state index in [1.807, 2.05) is 20.8 Å². The van der Waals surface area contributed by atoms with Gasteiger partial charge in [-0.05, 0) is 51.9 Å². The number of aliphatic carboxylic acids is 1. The van der Waals surface area contributed by atoms with Crippen molar-refractivity contribution in [3.05, 3.63) is 12.7 Å². The summed E-state index contributed by atoms with van der Waals surface area (Å²) in [7, 11) is 0. The van der Waals surface area contributed by atoms with E-state index < -0.39 is 11.9 Å². The molecule has 0 saturated heterocycles. The fourth-order valence-electron chi connectivity index (χ4n) is 3.87. The van der Waals surface area contributed by atoms with Crippen LogP contribution in [-0.2, 0) is 4.79 Å². The number of carboxylic acids is 1. The second-order valence-corrected chi connectivity index (χ2v) is 7.24. The topological polar surface area (TPSA) is 69.6 Å². The lowest BCUT2D eigenvalue weighted by atomic mass is 9.84. The molecule has 2 amide bonds. The van der Waals surface area contributed by atoms with Crippen LogP contribution in [-0.4, -0.2) is 40.1 Å². The van der Waals surface area contributed by atoms with Crippen LogP contribution >= 0.6 is 0 Å². The third kappa shape index (κ3) is 3.06. The molecule has 0 radical (unpaired) electrons. The Morgan fingerprint density at radius 3 is 2.48 bits per heavy atom. The van der Waals surface area contributed by atoms with Crippen LogP contribution < -0.4 is 5.32 Å². The van der Waals surface area contributed by atoms with E-state index in [1.165, 1.54) is 0 Å². The van der Waals surface area contributed by atoms with Crippen LogP contribution in [0.15, 0.2) is 12.7 Å². The van der Waals surface area contributed by atoms with Crippen molar-refractivity contribution in [3.8, 4) is 0 Å². The standard InChI is InChI=1S/C16H26N2O3/c1-5-8-18(16(2,3)4)15(21)17-13-11-7-6-10(9-11)12(13)14(19)20/h5,10-13H,1,6-9H2,2-4H3,(H,17,21)(H,19,20). The largest absolute Gasteiger partial charge is 0.481 e. The Labute approximate surface area is 126 Å². The van der Waals surface area contributed by atoms with Crippen LogP contribution in [0, 0.1) is 17.8 Å². The summed E-state index contributed by atoms with van der Waals surface area (Å²) >= 11 is 0. The molecule has 2 rings (SSSR count). The number of amides is 2. The Bertz CT molecular complexity index is 441. The molecule has 5 heteroatoms. The number of carbonyl (C=O) groups is 2. The number of hydrogen-bond donors (Lipinski definition) is 2. The summed E-state index contributed by atoms with van der Waals surface area (Å²) in [6.07, 6.45) is 4.62. The zero-order valence-electron chi connectivity index (χ0n) is 13.1. The molecule has 2 aliphatic carbocycles. The summed E-state index contributed by atoms with van der Waals surface area (Å²) in [4.78, 5) is 25.7. The molecule has 2 fully saturated rings. The minimum absolute atomic E-state index is 0.189. The van der Waals surface area contributed by atoms with Gasteiger partial charge in [-0.25, -0.2) is 4.79 Å². The average Bonchev–Trinajstić information content (AvgIpc) is 2.94. The van der Waals surface area contributed by atoms with Crippen LogP contribution in [0.1, 0.15) is 40.0 Å². The van der Waals surface area contributed by atoms with Gasteiger partial charge in [-0.1, -0.05) is 6.08 Å². The molecule has 0 heterocycles. The first kappa shape index (κ1) is 15.9. The van der Waals surface area contributed by atoms with Gasteiger partial charge in [0, 0.05) is 18.1 Å². The normalized spacial score (nSPS) is 31.0. The van der Waals surface area contributed by atoms with Crippen molar-refractivity contribution in [2.45, 2.75) is 51.6 Å². The highest BCUT2D eigenvalue weighted by molar-refractivity contribution is 5.78. The monoisotopic (exact) mass is 294 g/mol. The number of fused-ring (bicyclic) bond motifs is 2. The molecule has 2 aliphatic rings. The highest BCUT2D eigenvalue weighted by atomic mass is 16.4. The maximum atomic E-state index is 12.6. The fourth-order valence-corrected chi connectivity index (χ4v) is 3.87. The number of urea groups is 1. The van der Waals surface area contributed by atoms with E-state index in [0.717, 1.165) is 19.3 Å². The van der Waals surface area contributed by atoms with E-state index in [4.69, 9.17) is 0 Å².